The lowest BCUT2D eigenvalue weighted by Gasteiger charge is -2.19. The molecule has 21 heavy (non-hydrogen) atoms. The Hall–Kier alpha value is -2.50. The Bertz CT molecular complexity index is 651. The van der Waals surface area contributed by atoms with Crippen molar-refractivity contribution in [2.45, 2.75) is 26.4 Å². The van der Waals surface area contributed by atoms with Crippen molar-refractivity contribution in [1.82, 2.24) is 9.55 Å². The van der Waals surface area contributed by atoms with Crippen molar-refractivity contribution < 1.29 is 9.53 Å². The van der Waals surface area contributed by atoms with Gasteiger partial charge in [0.25, 0.3) is 5.91 Å². The number of carbonyl (C=O) groups excluding carboxylic acids is 1. The largest absolute Gasteiger partial charge is 0.482 e. The zero-order chi connectivity index (χ0) is 14.7. The monoisotopic (exact) mass is 286 g/mol. The number of aryl methyl sites for hydroxylation is 1. The molecule has 0 atom stereocenters. The van der Waals surface area contributed by atoms with Gasteiger partial charge in [-0.3, -0.25) is 4.79 Å². The lowest BCUT2D eigenvalue weighted by molar-refractivity contribution is -0.118. The van der Waals surface area contributed by atoms with E-state index < -0.39 is 0 Å². The Balaban J connectivity index is 1.69. The summed E-state index contributed by atoms with van der Waals surface area (Å²) >= 11 is 0. The van der Waals surface area contributed by atoms with Gasteiger partial charge in [0, 0.05) is 24.6 Å². The molecule has 1 aromatic carbocycles. The minimum Gasteiger partial charge on any atom is -0.482 e. The summed E-state index contributed by atoms with van der Waals surface area (Å²) in [4.78, 5) is 15.7. The van der Waals surface area contributed by atoms with E-state index >= 15 is 0 Å². The van der Waals surface area contributed by atoms with Gasteiger partial charge in [0.05, 0.1) is 12.2 Å². The summed E-state index contributed by atoms with van der Waals surface area (Å²) in [5.74, 6) is 1.57. The van der Waals surface area contributed by atoms with E-state index in [0.717, 1.165) is 24.5 Å². The molecular weight excluding hydrogens is 268 g/mol. The number of nitrogens with zero attached hydrogens (tertiary/aromatic N) is 2. The van der Waals surface area contributed by atoms with Gasteiger partial charge >= 0.3 is 0 Å². The molecule has 0 unspecified atom stereocenters. The van der Waals surface area contributed by atoms with Crippen molar-refractivity contribution in [1.29, 1.82) is 0 Å². The van der Waals surface area contributed by atoms with Crippen LogP contribution in [0.15, 0.2) is 30.6 Å². The molecule has 1 aliphatic rings. The predicted molar refractivity (Wildman–Crippen MR) is 80.4 cm³/mol. The van der Waals surface area contributed by atoms with Gasteiger partial charge in [0.15, 0.2) is 6.61 Å². The molecule has 2 heterocycles. The van der Waals surface area contributed by atoms with Crippen LogP contribution in [-0.4, -0.2) is 22.1 Å². The van der Waals surface area contributed by atoms with Crippen LogP contribution in [0.4, 0.5) is 11.4 Å². The lowest BCUT2D eigenvalue weighted by Crippen LogP contribution is -2.25. The molecule has 0 fully saturated rings. The van der Waals surface area contributed by atoms with Crippen LogP contribution in [0.5, 0.6) is 5.75 Å². The molecule has 2 N–H and O–H groups in total. The highest BCUT2D eigenvalue weighted by atomic mass is 16.5. The SMILES string of the molecule is CCCn1ccnc1CNc1ccc2c(c1)NC(=O)CO2. The average Bonchev–Trinajstić information content (AvgIpc) is 2.92. The Morgan fingerprint density at radius 3 is 3.24 bits per heavy atom. The maximum absolute atomic E-state index is 11.3. The summed E-state index contributed by atoms with van der Waals surface area (Å²) in [7, 11) is 0. The van der Waals surface area contributed by atoms with Crippen LogP contribution >= 0.6 is 0 Å². The molecule has 110 valence electrons. The lowest BCUT2D eigenvalue weighted by atomic mass is 10.2. The number of anilines is 2. The average molecular weight is 286 g/mol. The highest BCUT2D eigenvalue weighted by molar-refractivity contribution is 5.95. The van der Waals surface area contributed by atoms with Crippen LogP contribution in [0, 0.1) is 0 Å². The third-order valence-electron chi connectivity index (χ3n) is 3.33. The fourth-order valence-electron chi connectivity index (χ4n) is 2.33. The van der Waals surface area contributed by atoms with Crippen molar-refractivity contribution in [3.63, 3.8) is 0 Å². The minimum absolute atomic E-state index is 0.0776. The van der Waals surface area contributed by atoms with Crippen LogP contribution < -0.4 is 15.4 Å². The topological polar surface area (TPSA) is 68.2 Å². The van der Waals surface area contributed by atoms with Gasteiger partial charge < -0.3 is 19.9 Å². The minimum atomic E-state index is -0.127. The maximum Gasteiger partial charge on any atom is 0.262 e. The number of nitrogens with one attached hydrogen (secondary N) is 2. The van der Waals surface area contributed by atoms with Gasteiger partial charge in [-0.1, -0.05) is 6.92 Å². The van der Waals surface area contributed by atoms with Crippen LogP contribution in [0.1, 0.15) is 19.2 Å². The number of hydrogen-bond acceptors (Lipinski definition) is 4. The fourth-order valence-corrected chi connectivity index (χ4v) is 2.33. The van der Waals surface area contributed by atoms with E-state index in [1.807, 2.05) is 30.6 Å². The molecule has 6 nitrogen and oxygen atoms in total. The van der Waals surface area contributed by atoms with Gasteiger partial charge in [-0.2, -0.15) is 0 Å². The van der Waals surface area contributed by atoms with Gasteiger partial charge in [0.1, 0.15) is 11.6 Å². The molecule has 1 aliphatic heterocycles. The molecule has 0 saturated carbocycles. The molecule has 0 radical (unpaired) electrons. The molecule has 3 rings (SSSR count). The zero-order valence-corrected chi connectivity index (χ0v) is 11.9. The van der Waals surface area contributed by atoms with Crippen molar-refractivity contribution in [2.24, 2.45) is 0 Å². The number of hydrogen-bond donors (Lipinski definition) is 2. The van der Waals surface area contributed by atoms with Crippen molar-refractivity contribution >= 4 is 17.3 Å². The van der Waals surface area contributed by atoms with Gasteiger partial charge in [-0.25, -0.2) is 4.98 Å². The highest BCUT2D eigenvalue weighted by Gasteiger charge is 2.15. The van der Waals surface area contributed by atoms with E-state index in [9.17, 15) is 4.79 Å². The number of ether oxygens (including phenoxy) is 1. The van der Waals surface area contributed by atoms with E-state index in [1.165, 1.54) is 0 Å². The number of amides is 1. The molecule has 0 aliphatic carbocycles. The Kier molecular flexibility index (Phi) is 3.77. The summed E-state index contributed by atoms with van der Waals surface area (Å²) in [6.45, 7) is 3.82. The van der Waals surface area contributed by atoms with Crippen molar-refractivity contribution in [3.05, 3.63) is 36.4 Å². The summed E-state index contributed by atoms with van der Waals surface area (Å²) < 4.78 is 7.47. The first-order valence-electron chi connectivity index (χ1n) is 7.07. The standard InChI is InChI=1S/C15H18N4O2/c1-2-6-19-7-5-16-14(19)9-17-11-3-4-13-12(8-11)18-15(20)10-21-13/h3-5,7-8,17H,2,6,9-10H2,1H3,(H,18,20). The van der Waals surface area contributed by atoms with Crippen LogP contribution in [0.3, 0.4) is 0 Å². The summed E-state index contributed by atoms with van der Waals surface area (Å²) in [5, 5.41) is 6.12. The van der Waals surface area contributed by atoms with Crippen LogP contribution in [-0.2, 0) is 17.9 Å². The van der Waals surface area contributed by atoms with Gasteiger partial charge in [0.2, 0.25) is 0 Å². The van der Waals surface area contributed by atoms with Gasteiger partial charge in [-0.15, -0.1) is 0 Å². The molecule has 1 aromatic heterocycles. The number of aromatic nitrogens is 2. The number of carbonyl (C=O) groups is 1. The highest BCUT2D eigenvalue weighted by Crippen LogP contribution is 2.30. The van der Waals surface area contributed by atoms with E-state index in [4.69, 9.17) is 4.74 Å². The Morgan fingerprint density at radius 1 is 1.48 bits per heavy atom. The number of imidazole rings is 1. The number of fused-ring (bicyclic) bond motifs is 1. The van der Waals surface area contributed by atoms with E-state index in [2.05, 4.69) is 27.1 Å². The van der Waals surface area contributed by atoms with Crippen LogP contribution in [0.2, 0.25) is 0 Å². The second kappa shape index (κ2) is 5.87. The summed E-state index contributed by atoms with van der Waals surface area (Å²) in [6.07, 6.45) is 4.88. The number of benzene rings is 1. The molecule has 6 heteroatoms. The second-order valence-electron chi connectivity index (χ2n) is 4.94. The molecule has 2 aromatic rings. The Labute approximate surface area is 123 Å². The van der Waals surface area contributed by atoms with E-state index in [1.54, 1.807) is 0 Å². The molecular formula is C15H18N4O2. The second-order valence-corrected chi connectivity index (χ2v) is 4.94. The molecule has 0 saturated heterocycles. The first kappa shape index (κ1) is 13.5. The quantitative estimate of drug-likeness (QED) is 0.884. The smallest absolute Gasteiger partial charge is 0.262 e. The Morgan fingerprint density at radius 2 is 2.38 bits per heavy atom. The summed E-state index contributed by atoms with van der Waals surface area (Å²) in [6, 6.07) is 5.67. The van der Waals surface area contributed by atoms with Crippen molar-refractivity contribution in [2.75, 3.05) is 17.2 Å². The molecule has 1 amide bonds. The van der Waals surface area contributed by atoms with Crippen LogP contribution in [0.25, 0.3) is 0 Å². The van der Waals surface area contributed by atoms with Crippen molar-refractivity contribution in [3.8, 4) is 5.75 Å². The molecule has 0 spiro atoms. The van der Waals surface area contributed by atoms with E-state index in [0.29, 0.717) is 18.0 Å². The first-order valence-corrected chi connectivity index (χ1v) is 7.07. The third kappa shape index (κ3) is 2.99. The predicted octanol–water partition coefficient (Wildman–Crippen LogP) is 2.24. The van der Waals surface area contributed by atoms with Gasteiger partial charge in [-0.05, 0) is 24.6 Å². The molecule has 0 bridgehead atoms. The normalized spacial score (nSPS) is 13.3. The zero-order valence-electron chi connectivity index (χ0n) is 11.9. The fraction of sp³-hybridized carbons (Fsp3) is 0.333. The maximum atomic E-state index is 11.3. The third-order valence-corrected chi connectivity index (χ3v) is 3.33. The first-order chi connectivity index (χ1) is 10.3. The summed E-state index contributed by atoms with van der Waals surface area (Å²) in [5.41, 5.74) is 1.62. The number of rotatable bonds is 5. The van der Waals surface area contributed by atoms with E-state index in [-0.39, 0.29) is 12.5 Å².